The first-order chi connectivity index (χ1) is 11.3. The second-order valence-electron chi connectivity index (χ2n) is 4.73. The van der Waals surface area contributed by atoms with E-state index < -0.39 is 0 Å². The van der Waals surface area contributed by atoms with E-state index in [2.05, 4.69) is 9.97 Å². The molecule has 4 nitrogen and oxygen atoms in total. The Kier molecular flexibility index (Phi) is 4.68. The number of hydrogen-bond donors (Lipinski definition) is 0. The second kappa shape index (κ2) is 7.07. The zero-order valence-electron chi connectivity index (χ0n) is 12.5. The van der Waals surface area contributed by atoms with Gasteiger partial charge in [0.15, 0.2) is 5.16 Å². The van der Waals surface area contributed by atoms with Crippen LogP contribution in [-0.2, 0) is 0 Å². The number of benzene rings is 2. The molecule has 0 atom stereocenters. The molecule has 0 saturated heterocycles. The number of carbonyl (C=O) groups excluding carboxylic acids is 1. The number of nitrogens with zero attached hydrogens (tertiary/aromatic N) is 2. The van der Waals surface area contributed by atoms with Gasteiger partial charge in [0.25, 0.3) is 0 Å². The van der Waals surface area contributed by atoms with E-state index >= 15 is 0 Å². The van der Waals surface area contributed by atoms with Crippen molar-refractivity contribution in [3.63, 3.8) is 0 Å². The van der Waals surface area contributed by atoms with Crippen LogP contribution >= 0.6 is 11.8 Å². The summed E-state index contributed by atoms with van der Waals surface area (Å²) < 4.78 is 5.80. The molecule has 3 aromatic rings. The highest BCUT2D eigenvalue weighted by atomic mass is 32.2. The molecule has 114 valence electrons. The van der Waals surface area contributed by atoms with Gasteiger partial charge in [0, 0.05) is 17.2 Å². The van der Waals surface area contributed by atoms with Gasteiger partial charge in [-0.05, 0) is 30.5 Å². The molecule has 3 rings (SSSR count). The maximum absolute atomic E-state index is 10.7. The number of rotatable bonds is 5. The molecule has 1 heterocycles. The van der Waals surface area contributed by atoms with E-state index in [1.54, 1.807) is 24.3 Å². The Labute approximate surface area is 138 Å². The van der Waals surface area contributed by atoms with Crippen molar-refractivity contribution in [3.05, 3.63) is 66.2 Å². The Morgan fingerprint density at radius 1 is 1.00 bits per heavy atom. The monoisotopic (exact) mass is 322 g/mol. The van der Waals surface area contributed by atoms with Gasteiger partial charge >= 0.3 is 0 Å². The van der Waals surface area contributed by atoms with E-state index in [4.69, 9.17) is 4.74 Å². The molecule has 0 bridgehead atoms. The molecule has 0 amide bonds. The average molecular weight is 322 g/mol. The molecule has 1 aromatic heterocycles. The molecule has 5 heteroatoms. The summed E-state index contributed by atoms with van der Waals surface area (Å²) in [5.41, 5.74) is 2.42. The van der Waals surface area contributed by atoms with E-state index in [-0.39, 0.29) is 0 Å². The van der Waals surface area contributed by atoms with E-state index in [1.807, 2.05) is 42.7 Å². The van der Waals surface area contributed by atoms with Crippen LogP contribution < -0.4 is 4.74 Å². The van der Waals surface area contributed by atoms with Crippen LogP contribution in [-0.4, -0.2) is 22.5 Å². The van der Waals surface area contributed by atoms with Crippen LogP contribution in [0.2, 0.25) is 0 Å². The smallest absolute Gasteiger partial charge is 0.223 e. The van der Waals surface area contributed by atoms with Crippen LogP contribution in [0.15, 0.2) is 65.8 Å². The first kappa shape index (κ1) is 15.2. The van der Waals surface area contributed by atoms with Gasteiger partial charge < -0.3 is 4.74 Å². The van der Waals surface area contributed by atoms with Crippen LogP contribution in [0.4, 0.5) is 0 Å². The summed E-state index contributed by atoms with van der Waals surface area (Å²) in [5.74, 6) is 1.10. The van der Waals surface area contributed by atoms with Crippen LogP contribution in [0.3, 0.4) is 0 Å². The molecule has 0 saturated carbocycles. The van der Waals surface area contributed by atoms with Gasteiger partial charge in [0.05, 0.1) is 5.69 Å². The summed E-state index contributed by atoms with van der Waals surface area (Å²) in [6.45, 7) is 0. The SMILES string of the molecule is CSc1nc(Oc2ccc(C=O)cc2)cc(-c2ccccc2)n1. The largest absolute Gasteiger partial charge is 0.439 e. The van der Waals surface area contributed by atoms with E-state index in [9.17, 15) is 4.79 Å². The minimum absolute atomic E-state index is 0.474. The molecule has 0 N–H and O–H groups in total. The number of carbonyl (C=O) groups is 1. The van der Waals surface area contributed by atoms with Gasteiger partial charge in [0.1, 0.15) is 12.0 Å². The molecule has 0 spiro atoms. The number of thioether (sulfide) groups is 1. The van der Waals surface area contributed by atoms with Gasteiger partial charge in [-0.3, -0.25) is 4.79 Å². The fourth-order valence-corrected chi connectivity index (χ4v) is 2.41. The molecule has 0 aliphatic heterocycles. The van der Waals surface area contributed by atoms with Crippen molar-refractivity contribution in [1.82, 2.24) is 9.97 Å². The van der Waals surface area contributed by atoms with E-state index in [0.29, 0.717) is 22.3 Å². The quantitative estimate of drug-likeness (QED) is 0.394. The maximum atomic E-state index is 10.7. The summed E-state index contributed by atoms with van der Waals surface area (Å²) in [6.07, 6.45) is 2.72. The van der Waals surface area contributed by atoms with Gasteiger partial charge in [-0.1, -0.05) is 42.1 Å². The van der Waals surface area contributed by atoms with Crippen molar-refractivity contribution in [2.75, 3.05) is 6.26 Å². The van der Waals surface area contributed by atoms with Gasteiger partial charge in [-0.2, -0.15) is 4.98 Å². The standard InChI is InChI=1S/C18H14N2O2S/c1-23-18-19-16(14-5-3-2-4-6-14)11-17(20-18)22-15-9-7-13(12-21)8-10-15/h2-12H,1H3. The predicted octanol–water partition coefficient (Wildman–Crippen LogP) is 4.47. The van der Waals surface area contributed by atoms with Gasteiger partial charge in [-0.15, -0.1) is 0 Å². The summed E-state index contributed by atoms with van der Waals surface area (Å²) >= 11 is 1.46. The molecule has 0 aliphatic rings. The Bertz CT molecular complexity index is 805. The van der Waals surface area contributed by atoms with Crippen molar-refractivity contribution in [1.29, 1.82) is 0 Å². The number of hydrogen-bond acceptors (Lipinski definition) is 5. The van der Waals surface area contributed by atoms with Crippen LogP contribution in [0.1, 0.15) is 10.4 Å². The highest BCUT2D eigenvalue weighted by Crippen LogP contribution is 2.27. The Morgan fingerprint density at radius 2 is 1.74 bits per heavy atom. The number of ether oxygens (including phenoxy) is 1. The lowest BCUT2D eigenvalue weighted by atomic mass is 10.1. The lowest BCUT2D eigenvalue weighted by Gasteiger charge is -2.08. The van der Waals surface area contributed by atoms with Crippen LogP contribution in [0.5, 0.6) is 11.6 Å². The third-order valence-electron chi connectivity index (χ3n) is 3.17. The average Bonchev–Trinajstić information content (AvgIpc) is 2.63. The molecular formula is C18H14N2O2S. The molecular weight excluding hydrogens is 308 g/mol. The maximum Gasteiger partial charge on any atom is 0.223 e. The Hall–Kier alpha value is -2.66. The first-order valence-corrected chi connectivity index (χ1v) is 8.22. The summed E-state index contributed by atoms with van der Waals surface area (Å²) in [6, 6.07) is 18.6. The lowest BCUT2D eigenvalue weighted by Crippen LogP contribution is -1.95. The normalized spacial score (nSPS) is 10.3. The Morgan fingerprint density at radius 3 is 2.39 bits per heavy atom. The van der Waals surface area contributed by atoms with E-state index in [1.165, 1.54) is 11.8 Å². The molecule has 0 radical (unpaired) electrons. The fraction of sp³-hybridized carbons (Fsp3) is 0.0556. The van der Waals surface area contributed by atoms with Crippen molar-refractivity contribution < 1.29 is 9.53 Å². The van der Waals surface area contributed by atoms with Crippen molar-refractivity contribution in [3.8, 4) is 22.9 Å². The molecule has 2 aromatic carbocycles. The topological polar surface area (TPSA) is 52.1 Å². The van der Waals surface area contributed by atoms with Crippen molar-refractivity contribution >= 4 is 18.0 Å². The third-order valence-corrected chi connectivity index (χ3v) is 3.72. The number of aromatic nitrogens is 2. The first-order valence-electron chi connectivity index (χ1n) is 7.00. The van der Waals surface area contributed by atoms with Crippen LogP contribution in [0, 0.1) is 0 Å². The Balaban J connectivity index is 1.93. The molecule has 0 unspecified atom stereocenters. The zero-order chi connectivity index (χ0) is 16.1. The van der Waals surface area contributed by atoms with Crippen molar-refractivity contribution in [2.45, 2.75) is 5.16 Å². The fourth-order valence-electron chi connectivity index (χ4n) is 2.04. The summed E-state index contributed by atoms with van der Waals surface area (Å²) in [4.78, 5) is 19.6. The molecule has 0 fully saturated rings. The van der Waals surface area contributed by atoms with Crippen LogP contribution in [0.25, 0.3) is 11.3 Å². The minimum Gasteiger partial charge on any atom is -0.439 e. The number of aldehydes is 1. The van der Waals surface area contributed by atoms with Crippen molar-refractivity contribution in [2.24, 2.45) is 0 Å². The third kappa shape index (κ3) is 3.76. The summed E-state index contributed by atoms with van der Waals surface area (Å²) in [5, 5.41) is 0.644. The lowest BCUT2D eigenvalue weighted by molar-refractivity contribution is 0.112. The molecule has 23 heavy (non-hydrogen) atoms. The minimum atomic E-state index is 0.474. The zero-order valence-corrected chi connectivity index (χ0v) is 13.3. The predicted molar refractivity (Wildman–Crippen MR) is 91.2 cm³/mol. The second-order valence-corrected chi connectivity index (χ2v) is 5.51. The highest BCUT2D eigenvalue weighted by molar-refractivity contribution is 7.98. The molecule has 0 aliphatic carbocycles. The highest BCUT2D eigenvalue weighted by Gasteiger charge is 2.08. The van der Waals surface area contributed by atoms with E-state index in [0.717, 1.165) is 17.5 Å². The van der Waals surface area contributed by atoms with Gasteiger partial charge in [-0.25, -0.2) is 4.98 Å². The van der Waals surface area contributed by atoms with Gasteiger partial charge in [0.2, 0.25) is 5.88 Å². The summed E-state index contributed by atoms with van der Waals surface area (Å²) in [7, 11) is 0.